The molecule has 33 heavy (non-hydrogen) atoms. The van der Waals surface area contributed by atoms with Gasteiger partial charge in [0.25, 0.3) is 0 Å². The number of allylic oxidation sites excluding steroid dienone is 2. The molecule has 0 bridgehead atoms. The maximum atomic E-state index is 17.5. The third-order valence-corrected chi connectivity index (χ3v) is 9.43. The molecule has 3 fully saturated rings. The van der Waals surface area contributed by atoms with Crippen LogP contribution in [-0.2, 0) is 19.1 Å². The number of carbonyl (C=O) groups is 2. The highest BCUT2D eigenvalue weighted by Gasteiger charge is 2.75. The zero-order chi connectivity index (χ0) is 23.9. The largest absolute Gasteiger partial charge is 0.454 e. The average molecular weight is 467 g/mol. The van der Waals surface area contributed by atoms with Gasteiger partial charge in [0.05, 0.1) is 11.5 Å². The second-order valence-electron chi connectivity index (χ2n) is 10.9. The van der Waals surface area contributed by atoms with Gasteiger partial charge in [0.15, 0.2) is 17.2 Å². The fourth-order valence-corrected chi connectivity index (χ4v) is 7.90. The quantitative estimate of drug-likeness (QED) is 0.661. The summed E-state index contributed by atoms with van der Waals surface area (Å²) in [6.45, 7) is 4.70. The Morgan fingerprint density at radius 2 is 1.97 bits per heavy atom. The smallest absolute Gasteiger partial charge is 0.241 e. The van der Waals surface area contributed by atoms with Gasteiger partial charge in [-0.15, -0.1) is 0 Å². The van der Waals surface area contributed by atoms with Crippen LogP contribution in [-0.4, -0.2) is 52.6 Å². The van der Waals surface area contributed by atoms with Crippen LogP contribution < -0.4 is 0 Å². The van der Waals surface area contributed by atoms with Gasteiger partial charge in [-0.05, 0) is 62.0 Å². The summed E-state index contributed by atoms with van der Waals surface area (Å²) in [7, 11) is 0. The lowest BCUT2D eigenvalue weighted by molar-refractivity contribution is -0.213. The molecular formula is C25H32F2O6. The van der Waals surface area contributed by atoms with E-state index >= 15 is 8.78 Å². The van der Waals surface area contributed by atoms with E-state index in [4.69, 9.17) is 9.47 Å². The highest BCUT2D eigenvalue weighted by molar-refractivity contribution is 6.05. The minimum Gasteiger partial charge on any atom is -0.454 e. The Kier molecular flexibility index (Phi) is 5.11. The summed E-state index contributed by atoms with van der Waals surface area (Å²) in [6, 6.07) is 0. The number of alkyl halides is 2. The molecule has 0 aromatic carbocycles. The average Bonchev–Trinajstić information content (AvgIpc) is 3.34. The minimum atomic E-state index is -2.30. The van der Waals surface area contributed by atoms with Crippen LogP contribution in [0.2, 0.25) is 0 Å². The van der Waals surface area contributed by atoms with Crippen molar-refractivity contribution >= 4 is 11.6 Å². The van der Waals surface area contributed by atoms with Crippen LogP contribution in [0.1, 0.15) is 59.3 Å². The Hall–Kier alpha value is -1.80. The Morgan fingerprint density at radius 1 is 1.24 bits per heavy atom. The highest BCUT2D eigenvalue weighted by Crippen LogP contribution is 2.71. The molecule has 5 rings (SSSR count). The van der Waals surface area contributed by atoms with Crippen LogP contribution in [0.25, 0.3) is 0 Å². The lowest BCUT2D eigenvalue weighted by atomic mass is 9.44. The van der Waals surface area contributed by atoms with Crippen molar-refractivity contribution in [3.8, 4) is 0 Å². The second-order valence-corrected chi connectivity index (χ2v) is 10.9. The van der Waals surface area contributed by atoms with Crippen molar-refractivity contribution in [3.05, 3.63) is 23.2 Å². The molecule has 0 saturated heterocycles. The fourth-order valence-electron chi connectivity index (χ4n) is 7.90. The van der Waals surface area contributed by atoms with Crippen molar-refractivity contribution in [2.75, 3.05) is 6.61 Å². The van der Waals surface area contributed by atoms with Crippen LogP contribution >= 0.6 is 0 Å². The van der Waals surface area contributed by atoms with E-state index in [2.05, 4.69) is 0 Å². The van der Waals surface area contributed by atoms with Gasteiger partial charge in [0.2, 0.25) is 17.8 Å². The summed E-state index contributed by atoms with van der Waals surface area (Å²) in [5.74, 6) is -2.69. The van der Waals surface area contributed by atoms with Crippen molar-refractivity contribution in [2.24, 2.45) is 28.6 Å². The summed E-state index contributed by atoms with van der Waals surface area (Å²) in [5.41, 5.74) is -4.74. The maximum absolute atomic E-state index is 17.5. The van der Waals surface area contributed by atoms with E-state index in [9.17, 15) is 19.8 Å². The molecule has 2 unspecified atom stereocenters. The van der Waals surface area contributed by atoms with Gasteiger partial charge >= 0.3 is 0 Å². The van der Waals surface area contributed by atoms with Gasteiger partial charge in [-0.1, -0.05) is 13.8 Å². The lowest BCUT2D eigenvalue weighted by Crippen LogP contribution is -2.69. The number of ether oxygens (including phenoxy) is 2. The van der Waals surface area contributed by atoms with Gasteiger partial charge in [-0.25, -0.2) is 8.78 Å². The van der Waals surface area contributed by atoms with Gasteiger partial charge in [-0.2, -0.15) is 0 Å². The summed E-state index contributed by atoms with van der Waals surface area (Å²) in [6.07, 6.45) is -0.687. The molecule has 3 saturated carbocycles. The number of carbonyl (C=O) groups excluding carboxylic acids is 2. The van der Waals surface area contributed by atoms with Crippen molar-refractivity contribution in [1.29, 1.82) is 0 Å². The summed E-state index contributed by atoms with van der Waals surface area (Å²) < 4.78 is 44.9. The molecule has 4 aliphatic carbocycles. The number of aliphatic hydroxyl groups is 2. The van der Waals surface area contributed by atoms with Crippen LogP contribution in [0.5, 0.6) is 0 Å². The van der Waals surface area contributed by atoms with Gasteiger partial charge in [0, 0.05) is 18.3 Å². The molecule has 0 aromatic rings. The molecule has 1 aliphatic heterocycles. The van der Waals surface area contributed by atoms with E-state index in [1.807, 2.05) is 13.8 Å². The number of ketones is 2. The van der Waals surface area contributed by atoms with Crippen LogP contribution in [0.15, 0.2) is 23.2 Å². The summed E-state index contributed by atoms with van der Waals surface area (Å²) in [5, 5.41) is 20.9. The fraction of sp³-hybridized carbons (Fsp3) is 0.760. The first-order chi connectivity index (χ1) is 15.5. The zero-order valence-corrected chi connectivity index (χ0v) is 19.3. The van der Waals surface area contributed by atoms with Crippen molar-refractivity contribution in [2.45, 2.75) is 83.5 Å². The standard InChI is InChI=1S/C25H32F2O6/c1-4-5-20-32-21-17(29)9-15-16(26)8-14-12-6-7-13(18(30)11-28)23(12,2)10-19(31)25(14,27)24(15,3)22(21)33-20/h9,12-14,16,19-20,28,31H,4-8,10-11H2,1-3H3/t12-,13-,14-,16-,19?,20?,23-,24+,25-/m0/s1. The van der Waals surface area contributed by atoms with E-state index < -0.39 is 59.3 Å². The molecule has 2 N–H and O–H groups in total. The van der Waals surface area contributed by atoms with Crippen molar-refractivity contribution < 1.29 is 38.1 Å². The van der Waals surface area contributed by atoms with Crippen molar-refractivity contribution in [1.82, 2.24) is 0 Å². The zero-order valence-electron chi connectivity index (χ0n) is 19.3. The number of halogens is 2. The normalized spacial score (nSPS) is 48.2. The molecule has 0 spiro atoms. The molecule has 0 radical (unpaired) electrons. The number of hydrogen-bond donors (Lipinski definition) is 2. The molecule has 5 aliphatic rings. The highest BCUT2D eigenvalue weighted by atomic mass is 19.1. The van der Waals surface area contributed by atoms with Gasteiger partial charge in [0.1, 0.15) is 12.8 Å². The lowest BCUT2D eigenvalue weighted by Gasteiger charge is -2.62. The van der Waals surface area contributed by atoms with E-state index in [0.717, 1.165) is 12.5 Å². The Bertz CT molecular complexity index is 961. The van der Waals surface area contributed by atoms with E-state index in [-0.39, 0.29) is 41.6 Å². The monoisotopic (exact) mass is 466 g/mol. The van der Waals surface area contributed by atoms with Crippen LogP contribution in [0.3, 0.4) is 0 Å². The van der Waals surface area contributed by atoms with Gasteiger partial charge in [-0.3, -0.25) is 9.59 Å². The topological polar surface area (TPSA) is 93.1 Å². The molecular weight excluding hydrogens is 434 g/mol. The Morgan fingerprint density at radius 3 is 2.64 bits per heavy atom. The molecule has 0 amide bonds. The molecule has 1 heterocycles. The first-order valence-electron chi connectivity index (χ1n) is 12.0. The molecule has 9 atom stereocenters. The van der Waals surface area contributed by atoms with E-state index in [1.54, 1.807) is 0 Å². The number of Topliss-reactive ketones (excluding diaryl/α,β-unsaturated/α-hetero) is 1. The predicted molar refractivity (Wildman–Crippen MR) is 113 cm³/mol. The first kappa shape index (κ1) is 23.0. The Labute approximate surface area is 192 Å². The number of hydrogen-bond acceptors (Lipinski definition) is 6. The van der Waals surface area contributed by atoms with Crippen LogP contribution in [0, 0.1) is 28.6 Å². The van der Waals surface area contributed by atoms with E-state index in [0.29, 0.717) is 19.3 Å². The van der Waals surface area contributed by atoms with Crippen LogP contribution in [0.4, 0.5) is 8.78 Å². The van der Waals surface area contributed by atoms with Gasteiger partial charge < -0.3 is 19.7 Å². The Balaban J connectivity index is 1.62. The number of rotatable bonds is 4. The molecule has 0 aromatic heterocycles. The molecule has 8 heteroatoms. The maximum Gasteiger partial charge on any atom is 0.241 e. The summed E-state index contributed by atoms with van der Waals surface area (Å²) in [4.78, 5) is 25.2. The predicted octanol–water partition coefficient (Wildman–Crippen LogP) is 3.31. The molecule has 6 nitrogen and oxygen atoms in total. The number of fused-ring (bicyclic) bond motifs is 6. The first-order valence-corrected chi connectivity index (χ1v) is 12.0. The third kappa shape index (κ3) is 2.71. The summed E-state index contributed by atoms with van der Waals surface area (Å²) >= 11 is 0. The second kappa shape index (κ2) is 7.35. The molecule has 182 valence electrons. The SMILES string of the molecule is CCCC1OC2=C(O1)[C@@]1(C)C(=CC2=O)[C@@H](F)C[C@H]2[C@@H]3CC[C@@H](C(=O)CO)[C@@]3(C)CC(O)[C@@]21F. The van der Waals surface area contributed by atoms with E-state index in [1.165, 1.54) is 6.92 Å². The number of aliphatic hydroxyl groups excluding tert-OH is 2. The minimum absolute atomic E-state index is 0.00520. The third-order valence-electron chi connectivity index (χ3n) is 9.43. The van der Waals surface area contributed by atoms with Crippen molar-refractivity contribution in [3.63, 3.8) is 0 Å².